The van der Waals surface area contributed by atoms with Crippen LogP contribution in [0.15, 0.2) is 18.2 Å². The molecule has 0 bridgehead atoms. The van der Waals surface area contributed by atoms with E-state index < -0.39 is 4.92 Å². The highest BCUT2D eigenvalue weighted by Gasteiger charge is 2.22. The third-order valence-corrected chi connectivity index (χ3v) is 3.98. The number of carbonyl (C=O) groups is 1. The monoisotopic (exact) mass is 307 g/mol. The normalized spacial score (nSPS) is 16.8. The molecule has 0 radical (unpaired) electrons. The first-order valence-corrected chi connectivity index (χ1v) is 7.37. The summed E-state index contributed by atoms with van der Waals surface area (Å²) in [4.78, 5) is 22.3. The van der Waals surface area contributed by atoms with E-state index in [0.717, 1.165) is 26.1 Å². The molecule has 0 spiro atoms. The molecule has 1 atom stereocenters. The third-order valence-electron chi connectivity index (χ3n) is 3.98. The van der Waals surface area contributed by atoms with E-state index in [1.165, 1.54) is 12.1 Å². The van der Waals surface area contributed by atoms with Gasteiger partial charge in [-0.3, -0.25) is 10.1 Å². The van der Waals surface area contributed by atoms with Gasteiger partial charge in [-0.2, -0.15) is 0 Å². The molecule has 0 aliphatic carbocycles. The fraction of sp³-hybridized carbons (Fsp3) is 0.533. The molecule has 2 amide bonds. The molecule has 1 aliphatic rings. The molecule has 7 heteroatoms. The van der Waals surface area contributed by atoms with Crippen LogP contribution in [0.4, 0.5) is 16.2 Å². The summed E-state index contributed by atoms with van der Waals surface area (Å²) in [6.07, 6.45) is 1.89. The number of anilines is 1. The van der Waals surface area contributed by atoms with Gasteiger partial charge in [-0.15, -0.1) is 0 Å². The van der Waals surface area contributed by atoms with Crippen molar-refractivity contribution in [1.82, 2.24) is 5.32 Å². The highest BCUT2D eigenvalue weighted by atomic mass is 16.6. The average Bonchev–Trinajstić information content (AvgIpc) is 2.47. The number of urea groups is 1. The number of benzene rings is 1. The smallest absolute Gasteiger partial charge is 0.319 e. The van der Waals surface area contributed by atoms with Gasteiger partial charge in [0.05, 0.1) is 4.92 Å². The number of hydrogen-bond donors (Lipinski definition) is 2. The summed E-state index contributed by atoms with van der Waals surface area (Å²) in [6.45, 7) is 5.10. The van der Waals surface area contributed by atoms with Gasteiger partial charge < -0.3 is 15.4 Å². The predicted octanol–water partition coefficient (Wildman–Crippen LogP) is 2.84. The molecule has 1 aromatic rings. The van der Waals surface area contributed by atoms with Crippen molar-refractivity contribution in [3.63, 3.8) is 0 Å². The zero-order valence-corrected chi connectivity index (χ0v) is 12.8. The summed E-state index contributed by atoms with van der Waals surface area (Å²) in [5.74, 6) is 0.415. The van der Waals surface area contributed by atoms with Crippen molar-refractivity contribution in [2.45, 2.75) is 32.7 Å². The first-order chi connectivity index (χ1) is 10.5. The summed E-state index contributed by atoms with van der Waals surface area (Å²) >= 11 is 0. The van der Waals surface area contributed by atoms with E-state index in [1.54, 1.807) is 13.0 Å². The van der Waals surface area contributed by atoms with Crippen LogP contribution in [0.5, 0.6) is 0 Å². The topological polar surface area (TPSA) is 93.5 Å². The number of aryl methyl sites for hydroxylation is 1. The van der Waals surface area contributed by atoms with Crippen LogP contribution in [0.3, 0.4) is 0 Å². The van der Waals surface area contributed by atoms with E-state index in [4.69, 9.17) is 4.74 Å². The molecule has 1 aromatic carbocycles. The minimum absolute atomic E-state index is 0.0431. The maximum Gasteiger partial charge on any atom is 0.319 e. The van der Waals surface area contributed by atoms with E-state index >= 15 is 0 Å². The lowest BCUT2D eigenvalue weighted by atomic mass is 9.93. The molecule has 1 fully saturated rings. The van der Waals surface area contributed by atoms with Gasteiger partial charge >= 0.3 is 6.03 Å². The van der Waals surface area contributed by atoms with Crippen LogP contribution in [0.2, 0.25) is 0 Å². The predicted molar refractivity (Wildman–Crippen MR) is 83.0 cm³/mol. The Bertz CT molecular complexity index is 556. The Morgan fingerprint density at radius 1 is 1.41 bits per heavy atom. The van der Waals surface area contributed by atoms with Crippen molar-refractivity contribution in [1.29, 1.82) is 0 Å². The van der Waals surface area contributed by atoms with Crippen molar-refractivity contribution in [3.8, 4) is 0 Å². The molecule has 22 heavy (non-hydrogen) atoms. The Labute approximate surface area is 129 Å². The molecule has 0 aromatic heterocycles. The summed E-state index contributed by atoms with van der Waals surface area (Å²) in [5, 5.41) is 16.4. The van der Waals surface area contributed by atoms with Crippen molar-refractivity contribution < 1.29 is 14.5 Å². The number of rotatable bonds is 4. The number of ether oxygens (including phenoxy) is 1. The van der Waals surface area contributed by atoms with Gasteiger partial charge in [0, 0.05) is 36.6 Å². The molecule has 2 rings (SSSR count). The maximum atomic E-state index is 12.0. The molecule has 1 saturated heterocycles. The van der Waals surface area contributed by atoms with E-state index in [0.29, 0.717) is 17.2 Å². The minimum Gasteiger partial charge on any atom is -0.381 e. The summed E-state index contributed by atoms with van der Waals surface area (Å²) in [7, 11) is 0. The largest absolute Gasteiger partial charge is 0.381 e. The minimum atomic E-state index is -0.438. The zero-order chi connectivity index (χ0) is 16.1. The number of nitrogens with one attached hydrogen (secondary N) is 2. The van der Waals surface area contributed by atoms with Crippen LogP contribution in [-0.4, -0.2) is 30.2 Å². The molecule has 0 saturated carbocycles. The van der Waals surface area contributed by atoms with E-state index in [1.807, 2.05) is 6.92 Å². The van der Waals surface area contributed by atoms with Gasteiger partial charge in [0.15, 0.2) is 0 Å². The Morgan fingerprint density at radius 3 is 2.68 bits per heavy atom. The van der Waals surface area contributed by atoms with Crippen molar-refractivity contribution in [2.24, 2.45) is 5.92 Å². The molecule has 1 unspecified atom stereocenters. The second-order valence-electron chi connectivity index (χ2n) is 5.60. The molecule has 7 nitrogen and oxygen atoms in total. The lowest BCUT2D eigenvalue weighted by Crippen LogP contribution is -2.42. The van der Waals surface area contributed by atoms with Crippen molar-refractivity contribution >= 4 is 17.4 Å². The summed E-state index contributed by atoms with van der Waals surface area (Å²) < 4.78 is 5.31. The van der Waals surface area contributed by atoms with Crippen LogP contribution in [0.1, 0.15) is 25.3 Å². The van der Waals surface area contributed by atoms with E-state index in [2.05, 4.69) is 10.6 Å². The third kappa shape index (κ3) is 4.17. The van der Waals surface area contributed by atoms with Gasteiger partial charge in [-0.25, -0.2) is 4.79 Å². The molecular formula is C15H21N3O4. The number of carbonyl (C=O) groups excluding carboxylic acids is 1. The Balaban J connectivity index is 1.91. The lowest BCUT2D eigenvalue weighted by molar-refractivity contribution is -0.385. The number of nitrogens with zero attached hydrogens (tertiary/aromatic N) is 1. The molecule has 120 valence electrons. The van der Waals surface area contributed by atoms with E-state index in [-0.39, 0.29) is 17.8 Å². The second-order valence-corrected chi connectivity index (χ2v) is 5.60. The number of nitro groups is 1. The number of hydrogen-bond acceptors (Lipinski definition) is 4. The van der Waals surface area contributed by atoms with Gasteiger partial charge in [0.2, 0.25) is 0 Å². The van der Waals surface area contributed by atoms with Crippen molar-refractivity contribution in [3.05, 3.63) is 33.9 Å². The highest BCUT2D eigenvalue weighted by Crippen LogP contribution is 2.22. The highest BCUT2D eigenvalue weighted by molar-refractivity contribution is 5.89. The quantitative estimate of drug-likeness (QED) is 0.660. The summed E-state index contributed by atoms with van der Waals surface area (Å²) in [5.41, 5.74) is 1.10. The molecular weight excluding hydrogens is 286 g/mol. The average molecular weight is 307 g/mol. The fourth-order valence-corrected chi connectivity index (χ4v) is 2.65. The SMILES string of the molecule is Cc1cc(NC(=O)NC(C)C2CCOCC2)ccc1[N+](=O)[O-]. The number of amides is 2. The van der Waals surface area contributed by atoms with Crippen molar-refractivity contribution in [2.75, 3.05) is 18.5 Å². The van der Waals surface area contributed by atoms with Gasteiger partial charge in [-0.1, -0.05) is 0 Å². The van der Waals surface area contributed by atoms with Crippen LogP contribution < -0.4 is 10.6 Å². The van der Waals surface area contributed by atoms with Crippen LogP contribution >= 0.6 is 0 Å². The van der Waals surface area contributed by atoms with Crippen LogP contribution in [-0.2, 0) is 4.74 Å². The van der Waals surface area contributed by atoms with Gasteiger partial charge in [0.25, 0.3) is 5.69 Å². The first kappa shape index (κ1) is 16.2. The van der Waals surface area contributed by atoms with Crippen LogP contribution in [0, 0.1) is 23.0 Å². The Hall–Kier alpha value is -2.15. The second kappa shape index (κ2) is 7.22. The van der Waals surface area contributed by atoms with Crippen LogP contribution in [0.25, 0.3) is 0 Å². The Morgan fingerprint density at radius 2 is 2.09 bits per heavy atom. The Kier molecular flexibility index (Phi) is 5.32. The van der Waals surface area contributed by atoms with E-state index in [9.17, 15) is 14.9 Å². The molecule has 1 aliphatic heterocycles. The van der Waals surface area contributed by atoms with Gasteiger partial charge in [-0.05, 0) is 44.7 Å². The lowest BCUT2D eigenvalue weighted by Gasteiger charge is -2.28. The number of nitro benzene ring substituents is 1. The summed E-state index contributed by atoms with van der Waals surface area (Å²) in [6, 6.07) is 4.28. The zero-order valence-electron chi connectivity index (χ0n) is 12.8. The molecule has 1 heterocycles. The van der Waals surface area contributed by atoms with Gasteiger partial charge in [0.1, 0.15) is 0 Å². The standard InChI is InChI=1S/C15H21N3O4/c1-10-9-13(3-4-14(10)18(20)21)17-15(19)16-11(2)12-5-7-22-8-6-12/h3-4,9,11-12H,5-8H2,1-2H3,(H2,16,17,19). The maximum absolute atomic E-state index is 12.0. The fourth-order valence-electron chi connectivity index (χ4n) is 2.65. The molecule has 2 N–H and O–H groups in total. The first-order valence-electron chi connectivity index (χ1n) is 7.37.